The molecular formula is C24H25N3O4. The molecule has 31 heavy (non-hydrogen) atoms. The number of aryl methyl sites for hydroxylation is 2. The van der Waals surface area contributed by atoms with E-state index in [2.05, 4.69) is 5.32 Å². The highest BCUT2D eigenvalue weighted by atomic mass is 16.3. The van der Waals surface area contributed by atoms with Gasteiger partial charge < -0.3 is 9.73 Å². The predicted molar refractivity (Wildman–Crippen MR) is 121 cm³/mol. The molecule has 0 atom stereocenters. The molecule has 0 aliphatic heterocycles. The molecule has 2 aromatic carbocycles. The SMILES string of the molecule is Cc1ccc(Cn2c(=O)n(CC(=O)NC(C)C)c(=O)c3oc4ccccc4c32)cc1C. The Bertz CT molecular complexity index is 1420. The highest BCUT2D eigenvalue weighted by Crippen LogP contribution is 2.26. The topological polar surface area (TPSA) is 86.2 Å². The summed E-state index contributed by atoms with van der Waals surface area (Å²) in [6, 6.07) is 13.1. The summed E-state index contributed by atoms with van der Waals surface area (Å²) in [6.45, 7) is 7.58. The largest absolute Gasteiger partial charge is 0.449 e. The number of benzene rings is 2. The normalized spacial score (nSPS) is 11.5. The van der Waals surface area contributed by atoms with Gasteiger partial charge in [0.2, 0.25) is 11.5 Å². The van der Waals surface area contributed by atoms with E-state index in [4.69, 9.17) is 4.42 Å². The molecule has 0 bridgehead atoms. The smallest absolute Gasteiger partial charge is 0.332 e. The van der Waals surface area contributed by atoms with E-state index >= 15 is 0 Å². The van der Waals surface area contributed by atoms with Gasteiger partial charge in [0.15, 0.2) is 0 Å². The molecule has 0 saturated carbocycles. The minimum absolute atomic E-state index is 0.0713. The molecule has 0 aliphatic rings. The zero-order chi connectivity index (χ0) is 22.3. The van der Waals surface area contributed by atoms with E-state index in [1.165, 1.54) is 4.57 Å². The molecule has 0 spiro atoms. The fraction of sp³-hybridized carbons (Fsp3) is 0.292. The molecule has 0 radical (unpaired) electrons. The number of nitrogens with zero attached hydrogens (tertiary/aromatic N) is 2. The summed E-state index contributed by atoms with van der Waals surface area (Å²) in [7, 11) is 0. The van der Waals surface area contributed by atoms with E-state index in [0.717, 1.165) is 21.3 Å². The van der Waals surface area contributed by atoms with Crippen LogP contribution in [0.4, 0.5) is 0 Å². The first-order valence-electron chi connectivity index (χ1n) is 10.3. The van der Waals surface area contributed by atoms with Crippen LogP contribution in [-0.4, -0.2) is 21.1 Å². The standard InChI is InChI=1S/C24H25N3O4/c1-14(2)25-20(28)13-27-23(29)22-21(18-7-5-6-8-19(18)31-22)26(24(27)30)12-17-10-9-15(3)16(4)11-17/h5-11,14H,12-13H2,1-4H3,(H,25,28). The van der Waals surface area contributed by atoms with Gasteiger partial charge in [-0.2, -0.15) is 0 Å². The second kappa shape index (κ2) is 7.91. The monoisotopic (exact) mass is 419 g/mol. The highest BCUT2D eigenvalue weighted by Gasteiger charge is 2.21. The minimum atomic E-state index is -0.605. The Kier molecular flexibility index (Phi) is 5.27. The third-order valence-electron chi connectivity index (χ3n) is 5.40. The maximum Gasteiger partial charge on any atom is 0.332 e. The van der Waals surface area contributed by atoms with Gasteiger partial charge in [0.25, 0.3) is 5.56 Å². The lowest BCUT2D eigenvalue weighted by Crippen LogP contribution is -2.44. The number of nitrogens with one attached hydrogen (secondary N) is 1. The van der Waals surface area contributed by atoms with E-state index in [9.17, 15) is 14.4 Å². The van der Waals surface area contributed by atoms with Crippen LogP contribution in [0.15, 0.2) is 56.5 Å². The van der Waals surface area contributed by atoms with E-state index in [0.29, 0.717) is 16.5 Å². The van der Waals surface area contributed by atoms with Gasteiger partial charge in [-0.15, -0.1) is 0 Å². The first kappa shape index (κ1) is 20.7. The number of para-hydroxylation sites is 1. The third-order valence-corrected chi connectivity index (χ3v) is 5.40. The Labute approximate surface area is 178 Å². The number of rotatable bonds is 5. The Morgan fingerprint density at radius 2 is 1.77 bits per heavy atom. The summed E-state index contributed by atoms with van der Waals surface area (Å²) in [5.41, 5.74) is 3.09. The van der Waals surface area contributed by atoms with Crippen LogP contribution in [0.25, 0.3) is 22.1 Å². The highest BCUT2D eigenvalue weighted by molar-refractivity contribution is 6.02. The molecule has 1 N–H and O–H groups in total. The molecule has 2 heterocycles. The Balaban J connectivity index is 1.97. The van der Waals surface area contributed by atoms with Crippen molar-refractivity contribution in [1.82, 2.24) is 14.5 Å². The van der Waals surface area contributed by atoms with Crippen LogP contribution in [0.5, 0.6) is 0 Å². The maximum atomic E-state index is 13.4. The molecule has 4 rings (SSSR count). The van der Waals surface area contributed by atoms with Gasteiger partial charge in [0.1, 0.15) is 17.6 Å². The van der Waals surface area contributed by atoms with Gasteiger partial charge >= 0.3 is 5.69 Å². The summed E-state index contributed by atoms with van der Waals surface area (Å²) >= 11 is 0. The van der Waals surface area contributed by atoms with Gasteiger partial charge in [0.05, 0.1) is 6.54 Å². The lowest BCUT2D eigenvalue weighted by atomic mass is 10.1. The van der Waals surface area contributed by atoms with Crippen molar-refractivity contribution in [1.29, 1.82) is 0 Å². The van der Waals surface area contributed by atoms with Crippen molar-refractivity contribution in [2.24, 2.45) is 0 Å². The molecule has 0 saturated heterocycles. The molecule has 4 aromatic rings. The maximum absolute atomic E-state index is 13.4. The lowest BCUT2D eigenvalue weighted by Gasteiger charge is -2.14. The summed E-state index contributed by atoms with van der Waals surface area (Å²) in [6.07, 6.45) is 0. The average molecular weight is 419 g/mol. The van der Waals surface area contributed by atoms with Crippen molar-refractivity contribution >= 4 is 28.0 Å². The van der Waals surface area contributed by atoms with Crippen molar-refractivity contribution in [3.05, 3.63) is 80.0 Å². The number of fused-ring (bicyclic) bond motifs is 3. The van der Waals surface area contributed by atoms with Crippen LogP contribution in [-0.2, 0) is 17.9 Å². The van der Waals surface area contributed by atoms with Gasteiger partial charge in [-0.1, -0.05) is 30.3 Å². The Hall–Kier alpha value is -3.61. The first-order chi connectivity index (χ1) is 14.8. The number of furan rings is 1. The predicted octanol–water partition coefficient (Wildman–Crippen LogP) is 3.10. The number of aromatic nitrogens is 2. The summed E-state index contributed by atoms with van der Waals surface area (Å²) < 4.78 is 8.31. The molecule has 0 aliphatic carbocycles. The lowest BCUT2D eigenvalue weighted by molar-refractivity contribution is -0.122. The average Bonchev–Trinajstić information content (AvgIpc) is 3.10. The van der Waals surface area contributed by atoms with Gasteiger partial charge in [-0.05, 0) is 56.5 Å². The second-order valence-electron chi connectivity index (χ2n) is 8.18. The van der Waals surface area contributed by atoms with Crippen LogP contribution in [0.3, 0.4) is 0 Å². The van der Waals surface area contributed by atoms with Crippen LogP contribution in [0.2, 0.25) is 0 Å². The quantitative estimate of drug-likeness (QED) is 0.539. The molecule has 7 nitrogen and oxygen atoms in total. The first-order valence-corrected chi connectivity index (χ1v) is 10.3. The number of carbonyl (C=O) groups is 1. The van der Waals surface area contributed by atoms with Gasteiger partial charge in [-0.25, -0.2) is 9.36 Å². The Morgan fingerprint density at radius 3 is 2.48 bits per heavy atom. The molecule has 2 aromatic heterocycles. The van der Waals surface area contributed by atoms with Gasteiger partial charge in [0, 0.05) is 11.4 Å². The van der Waals surface area contributed by atoms with Crippen molar-refractivity contribution in [3.8, 4) is 0 Å². The van der Waals surface area contributed by atoms with E-state index in [1.807, 2.05) is 64.1 Å². The van der Waals surface area contributed by atoms with Crippen molar-refractivity contribution in [2.75, 3.05) is 0 Å². The molecule has 1 amide bonds. The van der Waals surface area contributed by atoms with Gasteiger partial charge in [-0.3, -0.25) is 14.2 Å². The number of hydrogen-bond donors (Lipinski definition) is 1. The summed E-state index contributed by atoms with van der Waals surface area (Å²) in [4.78, 5) is 38.9. The van der Waals surface area contributed by atoms with Crippen molar-refractivity contribution in [3.63, 3.8) is 0 Å². The van der Waals surface area contributed by atoms with Crippen molar-refractivity contribution < 1.29 is 9.21 Å². The Morgan fingerprint density at radius 1 is 1.03 bits per heavy atom. The zero-order valence-corrected chi connectivity index (χ0v) is 18.1. The fourth-order valence-electron chi connectivity index (χ4n) is 3.78. The molecular weight excluding hydrogens is 394 g/mol. The number of carbonyl (C=O) groups excluding carboxylic acids is 1. The number of amides is 1. The van der Waals surface area contributed by atoms with E-state index in [-0.39, 0.29) is 24.7 Å². The van der Waals surface area contributed by atoms with E-state index < -0.39 is 17.2 Å². The van der Waals surface area contributed by atoms with Crippen LogP contribution >= 0.6 is 0 Å². The fourth-order valence-corrected chi connectivity index (χ4v) is 3.78. The number of hydrogen-bond acceptors (Lipinski definition) is 4. The van der Waals surface area contributed by atoms with Crippen LogP contribution < -0.4 is 16.6 Å². The minimum Gasteiger partial charge on any atom is -0.449 e. The molecule has 0 unspecified atom stereocenters. The third kappa shape index (κ3) is 3.79. The van der Waals surface area contributed by atoms with Crippen LogP contribution in [0, 0.1) is 13.8 Å². The zero-order valence-electron chi connectivity index (χ0n) is 18.1. The second-order valence-corrected chi connectivity index (χ2v) is 8.18. The molecule has 7 heteroatoms. The van der Waals surface area contributed by atoms with E-state index in [1.54, 1.807) is 6.07 Å². The summed E-state index contributed by atoms with van der Waals surface area (Å²) in [5.74, 6) is -0.401. The van der Waals surface area contributed by atoms with Crippen LogP contribution in [0.1, 0.15) is 30.5 Å². The summed E-state index contributed by atoms with van der Waals surface area (Å²) in [5, 5.41) is 3.41. The molecule has 160 valence electrons. The van der Waals surface area contributed by atoms with Crippen molar-refractivity contribution in [2.45, 2.75) is 46.8 Å². The molecule has 0 fully saturated rings.